The Morgan fingerprint density at radius 1 is 1.25 bits per heavy atom. The molecule has 1 N–H and O–H groups in total. The number of halogens is 1. The minimum absolute atomic E-state index is 0.0931. The minimum atomic E-state index is -0.401. The number of rotatable bonds is 7. The van der Waals surface area contributed by atoms with E-state index in [2.05, 4.69) is 10.5 Å². The maximum absolute atomic E-state index is 13.1. The summed E-state index contributed by atoms with van der Waals surface area (Å²) < 4.78 is 18.2. The number of aromatic nitrogens is 1. The van der Waals surface area contributed by atoms with E-state index in [0.29, 0.717) is 18.5 Å². The highest BCUT2D eigenvalue weighted by molar-refractivity contribution is 5.79. The van der Waals surface area contributed by atoms with Crippen molar-refractivity contribution in [1.82, 2.24) is 10.5 Å². The van der Waals surface area contributed by atoms with Crippen LogP contribution in [0.15, 0.2) is 47.0 Å². The van der Waals surface area contributed by atoms with Gasteiger partial charge in [-0.3, -0.25) is 10.1 Å². The first kappa shape index (κ1) is 16.1. The number of hydrogen-bond donors (Lipinski definition) is 1. The van der Waals surface area contributed by atoms with E-state index in [9.17, 15) is 14.5 Å². The summed E-state index contributed by atoms with van der Waals surface area (Å²) in [5, 5.41) is 18.8. The van der Waals surface area contributed by atoms with E-state index >= 15 is 0 Å². The molecule has 0 fully saturated rings. The van der Waals surface area contributed by atoms with Gasteiger partial charge in [-0.15, -0.1) is 0 Å². The molecule has 0 aliphatic rings. The van der Waals surface area contributed by atoms with Crippen LogP contribution in [-0.2, 0) is 13.0 Å². The van der Waals surface area contributed by atoms with Crippen molar-refractivity contribution in [2.45, 2.75) is 19.4 Å². The average Bonchev–Trinajstić information content (AvgIpc) is 2.97. The molecule has 3 rings (SSSR count). The Balaban J connectivity index is 1.48. The maximum Gasteiger partial charge on any atom is 0.269 e. The molecular weight excluding hydrogens is 313 g/mol. The summed E-state index contributed by atoms with van der Waals surface area (Å²) in [5.41, 5.74) is 2.22. The summed E-state index contributed by atoms with van der Waals surface area (Å²) in [7, 11) is 0. The third kappa shape index (κ3) is 3.75. The predicted molar refractivity (Wildman–Crippen MR) is 87.1 cm³/mol. The fourth-order valence-corrected chi connectivity index (χ4v) is 2.54. The van der Waals surface area contributed by atoms with Gasteiger partial charge in [-0.25, -0.2) is 4.39 Å². The third-order valence-corrected chi connectivity index (χ3v) is 3.73. The number of nitro benzene ring substituents is 1. The van der Waals surface area contributed by atoms with Crippen LogP contribution >= 0.6 is 0 Å². The molecule has 0 bridgehead atoms. The molecule has 1 heterocycles. The van der Waals surface area contributed by atoms with Crippen LogP contribution in [0.2, 0.25) is 0 Å². The van der Waals surface area contributed by atoms with Crippen LogP contribution in [0.1, 0.15) is 17.7 Å². The van der Waals surface area contributed by atoms with Crippen LogP contribution in [0, 0.1) is 15.9 Å². The molecule has 0 spiro atoms. The fraction of sp³-hybridized carbons (Fsp3) is 0.235. The molecule has 1 aromatic heterocycles. The molecule has 24 heavy (non-hydrogen) atoms. The number of aryl methyl sites for hydroxylation is 1. The van der Waals surface area contributed by atoms with Crippen molar-refractivity contribution in [3.05, 3.63) is 69.7 Å². The molecule has 7 heteroatoms. The van der Waals surface area contributed by atoms with Gasteiger partial charge in [0.25, 0.3) is 5.69 Å². The molecule has 2 aromatic carbocycles. The average molecular weight is 329 g/mol. The standard InChI is InChI=1S/C17H16FN3O3/c18-13-6-7-15-16(20-24-17(15)10-13)5-2-8-19-11-12-3-1-4-14(9-12)21(22)23/h1,3-4,6-7,9-10,19H,2,5,8,11H2. The maximum atomic E-state index is 13.1. The van der Waals surface area contributed by atoms with Crippen LogP contribution in [0.5, 0.6) is 0 Å². The van der Waals surface area contributed by atoms with Gasteiger partial charge in [0.05, 0.1) is 10.6 Å². The Labute approximate surface area is 137 Å². The van der Waals surface area contributed by atoms with Crippen molar-refractivity contribution < 1.29 is 13.8 Å². The van der Waals surface area contributed by atoms with Crippen LogP contribution in [0.3, 0.4) is 0 Å². The summed E-state index contributed by atoms with van der Waals surface area (Å²) in [6.07, 6.45) is 1.54. The molecule has 0 saturated heterocycles. The summed E-state index contributed by atoms with van der Waals surface area (Å²) in [5.74, 6) is -0.344. The first-order valence-electron chi connectivity index (χ1n) is 7.61. The lowest BCUT2D eigenvalue weighted by Crippen LogP contribution is -2.15. The van der Waals surface area contributed by atoms with Gasteiger partial charge >= 0.3 is 0 Å². The minimum Gasteiger partial charge on any atom is -0.356 e. The normalized spacial score (nSPS) is 11.0. The van der Waals surface area contributed by atoms with Crippen LogP contribution in [0.4, 0.5) is 10.1 Å². The lowest BCUT2D eigenvalue weighted by molar-refractivity contribution is -0.384. The van der Waals surface area contributed by atoms with E-state index in [0.717, 1.165) is 29.6 Å². The summed E-state index contributed by atoms with van der Waals surface area (Å²) in [6, 6.07) is 11.0. The van der Waals surface area contributed by atoms with Crippen molar-refractivity contribution in [3.63, 3.8) is 0 Å². The zero-order chi connectivity index (χ0) is 16.9. The first-order valence-corrected chi connectivity index (χ1v) is 7.61. The van der Waals surface area contributed by atoms with E-state index in [1.54, 1.807) is 18.2 Å². The van der Waals surface area contributed by atoms with Crippen molar-refractivity contribution in [3.8, 4) is 0 Å². The number of nitrogens with one attached hydrogen (secondary N) is 1. The molecule has 0 unspecified atom stereocenters. The van der Waals surface area contributed by atoms with E-state index < -0.39 is 4.92 Å². The second-order valence-corrected chi connectivity index (χ2v) is 5.48. The third-order valence-electron chi connectivity index (χ3n) is 3.73. The molecule has 0 saturated carbocycles. The Morgan fingerprint density at radius 2 is 2.12 bits per heavy atom. The smallest absolute Gasteiger partial charge is 0.269 e. The number of hydrogen-bond acceptors (Lipinski definition) is 5. The molecule has 0 radical (unpaired) electrons. The summed E-state index contributed by atoms with van der Waals surface area (Å²) in [4.78, 5) is 10.3. The van der Waals surface area contributed by atoms with Gasteiger partial charge in [0, 0.05) is 30.1 Å². The van der Waals surface area contributed by atoms with Gasteiger partial charge in [0.2, 0.25) is 0 Å². The topological polar surface area (TPSA) is 81.2 Å². The Bertz CT molecular complexity index is 863. The van der Waals surface area contributed by atoms with E-state index in [4.69, 9.17) is 4.52 Å². The number of non-ortho nitro benzene ring substituents is 1. The Hall–Kier alpha value is -2.80. The number of benzene rings is 2. The van der Waals surface area contributed by atoms with Crippen molar-refractivity contribution in [2.24, 2.45) is 0 Å². The first-order chi connectivity index (χ1) is 11.6. The van der Waals surface area contributed by atoms with E-state index in [1.165, 1.54) is 18.2 Å². The van der Waals surface area contributed by atoms with Gasteiger partial charge < -0.3 is 9.84 Å². The molecule has 124 valence electrons. The van der Waals surface area contributed by atoms with Crippen LogP contribution in [0.25, 0.3) is 11.0 Å². The predicted octanol–water partition coefficient (Wildman–Crippen LogP) is 3.60. The molecule has 0 aliphatic carbocycles. The second kappa shape index (κ2) is 7.18. The quantitative estimate of drug-likeness (QED) is 0.407. The fourth-order valence-electron chi connectivity index (χ4n) is 2.54. The number of fused-ring (bicyclic) bond motifs is 1. The Kier molecular flexibility index (Phi) is 4.81. The highest BCUT2D eigenvalue weighted by Gasteiger charge is 2.09. The van der Waals surface area contributed by atoms with Crippen molar-refractivity contribution >= 4 is 16.7 Å². The van der Waals surface area contributed by atoms with E-state index in [1.807, 2.05) is 6.07 Å². The van der Waals surface area contributed by atoms with Crippen LogP contribution < -0.4 is 5.32 Å². The lowest BCUT2D eigenvalue weighted by Gasteiger charge is -2.04. The van der Waals surface area contributed by atoms with Gasteiger partial charge in [-0.1, -0.05) is 17.3 Å². The highest BCUT2D eigenvalue weighted by atomic mass is 19.1. The molecule has 0 amide bonds. The second-order valence-electron chi connectivity index (χ2n) is 5.48. The molecule has 0 atom stereocenters. The van der Waals surface area contributed by atoms with Gasteiger partial charge in [-0.05, 0) is 37.1 Å². The van der Waals surface area contributed by atoms with Gasteiger partial charge in [-0.2, -0.15) is 0 Å². The van der Waals surface area contributed by atoms with Gasteiger partial charge in [0.1, 0.15) is 5.82 Å². The van der Waals surface area contributed by atoms with Gasteiger partial charge in [0.15, 0.2) is 5.58 Å². The molecule has 0 aliphatic heterocycles. The number of nitro groups is 1. The largest absolute Gasteiger partial charge is 0.356 e. The number of nitrogens with zero attached hydrogens (tertiary/aromatic N) is 2. The SMILES string of the molecule is O=[N+]([O-])c1cccc(CNCCCc2noc3cc(F)ccc23)c1. The molecule has 6 nitrogen and oxygen atoms in total. The monoisotopic (exact) mass is 329 g/mol. The summed E-state index contributed by atoms with van der Waals surface area (Å²) >= 11 is 0. The van der Waals surface area contributed by atoms with Crippen molar-refractivity contribution in [1.29, 1.82) is 0 Å². The highest BCUT2D eigenvalue weighted by Crippen LogP contribution is 2.20. The van der Waals surface area contributed by atoms with Crippen LogP contribution in [-0.4, -0.2) is 16.6 Å². The Morgan fingerprint density at radius 3 is 2.96 bits per heavy atom. The molecular formula is C17H16FN3O3. The zero-order valence-electron chi connectivity index (χ0n) is 12.9. The zero-order valence-corrected chi connectivity index (χ0v) is 12.9. The summed E-state index contributed by atoms with van der Waals surface area (Å²) in [6.45, 7) is 1.30. The molecule has 3 aromatic rings. The lowest BCUT2D eigenvalue weighted by atomic mass is 10.1. The van der Waals surface area contributed by atoms with Crippen molar-refractivity contribution in [2.75, 3.05) is 6.54 Å². The van der Waals surface area contributed by atoms with E-state index in [-0.39, 0.29) is 11.5 Å².